The number of piperidine rings is 1. The Bertz CT molecular complexity index is 1000. The number of allylic oxidation sites excluding steroid dienone is 2. The van der Waals surface area contributed by atoms with Crippen LogP contribution in [0.5, 0.6) is 0 Å². The first kappa shape index (κ1) is 23.9. The van der Waals surface area contributed by atoms with E-state index in [1.165, 1.54) is 38.5 Å². The van der Waals surface area contributed by atoms with E-state index < -0.39 is 0 Å². The molecule has 36 heavy (non-hydrogen) atoms. The fraction of sp³-hybridized carbons (Fsp3) is 0.839. The van der Waals surface area contributed by atoms with E-state index in [-0.39, 0.29) is 17.6 Å². The molecule has 5 nitrogen and oxygen atoms in total. The van der Waals surface area contributed by atoms with Crippen LogP contribution in [0.4, 0.5) is 0 Å². The van der Waals surface area contributed by atoms with E-state index in [0.29, 0.717) is 35.8 Å². The summed E-state index contributed by atoms with van der Waals surface area (Å²) in [4.78, 5) is 14.5. The Hall–Kier alpha value is -1.17. The van der Waals surface area contributed by atoms with Crippen LogP contribution in [0.2, 0.25) is 0 Å². The van der Waals surface area contributed by atoms with Crippen LogP contribution in [-0.2, 0) is 9.53 Å². The summed E-state index contributed by atoms with van der Waals surface area (Å²) >= 11 is 0. The molecule has 2 saturated heterocycles. The van der Waals surface area contributed by atoms with Crippen molar-refractivity contribution in [2.75, 3.05) is 19.6 Å². The summed E-state index contributed by atoms with van der Waals surface area (Å²) in [7, 11) is 0. The number of aliphatic hydroxyl groups excluding tert-OH is 1. The second-order valence-corrected chi connectivity index (χ2v) is 13.8. The lowest BCUT2D eigenvalue weighted by molar-refractivity contribution is -0.120. The van der Waals surface area contributed by atoms with Gasteiger partial charge in [0.2, 0.25) is 5.91 Å². The topological polar surface area (TPSA) is 61.8 Å². The van der Waals surface area contributed by atoms with E-state index in [4.69, 9.17) is 4.74 Å². The van der Waals surface area contributed by atoms with Crippen molar-refractivity contribution in [1.82, 2.24) is 10.2 Å². The molecule has 10 atom stereocenters. The van der Waals surface area contributed by atoms with Crippen molar-refractivity contribution in [1.29, 1.82) is 0 Å². The van der Waals surface area contributed by atoms with Crippen molar-refractivity contribution in [2.24, 2.45) is 35.0 Å². The Labute approximate surface area is 217 Å². The number of hydrogen-bond acceptors (Lipinski definition) is 4. The van der Waals surface area contributed by atoms with E-state index in [2.05, 4.69) is 30.1 Å². The first-order chi connectivity index (χ1) is 17.3. The van der Waals surface area contributed by atoms with Gasteiger partial charge in [0.05, 0.1) is 17.8 Å². The summed E-state index contributed by atoms with van der Waals surface area (Å²) in [5, 5.41) is 13.5. The molecule has 0 aromatic rings. The molecule has 3 saturated carbocycles. The average molecular weight is 495 g/mol. The van der Waals surface area contributed by atoms with Crippen molar-refractivity contribution in [3.8, 4) is 0 Å². The maximum atomic E-state index is 11.8. The Balaban J connectivity index is 1.14. The van der Waals surface area contributed by atoms with Crippen LogP contribution in [0.25, 0.3) is 0 Å². The van der Waals surface area contributed by atoms with Gasteiger partial charge in [0.25, 0.3) is 0 Å². The quantitative estimate of drug-likeness (QED) is 0.561. The molecule has 0 bridgehead atoms. The number of nitrogens with one attached hydrogen (secondary N) is 1. The van der Waals surface area contributed by atoms with Gasteiger partial charge in [0.15, 0.2) is 0 Å². The monoisotopic (exact) mass is 494 g/mol. The zero-order valence-corrected chi connectivity index (χ0v) is 22.6. The number of rotatable bonds is 4. The molecule has 9 unspecified atom stereocenters. The van der Waals surface area contributed by atoms with Crippen LogP contribution in [-0.4, -0.2) is 59.4 Å². The van der Waals surface area contributed by atoms with E-state index in [0.717, 1.165) is 56.7 Å². The number of carbonyl (C=O) groups is 1. The molecule has 1 amide bonds. The minimum atomic E-state index is -0.127. The molecule has 0 radical (unpaired) electrons. The standard InChI is InChI=1S/C31H46N2O3/c1-4-28(35)32-11-12-33-17-18(2)13-27-29(33)26-16-25-23-15-24-22(21(23)8-10-31(25,26)36-27)6-5-19-14-20(34)7-9-30(19,24)3/h5,18,20-22,24,26-27,29,34H,4,6-17H2,1-3H3,(H,32,35)/t18?,20?,21?,22?,24?,26-,27?,29?,30?,31?/m1/s1. The molecule has 7 aliphatic rings. The lowest BCUT2D eigenvalue weighted by atomic mass is 9.54. The molecular formula is C31H46N2O3. The fourth-order valence-corrected chi connectivity index (χ4v) is 10.4. The maximum Gasteiger partial charge on any atom is 0.219 e. The van der Waals surface area contributed by atoms with E-state index >= 15 is 0 Å². The third-order valence-electron chi connectivity index (χ3n) is 12.1. The van der Waals surface area contributed by atoms with Crippen LogP contribution < -0.4 is 5.32 Å². The number of likely N-dealkylation sites (tertiary alicyclic amines) is 1. The summed E-state index contributed by atoms with van der Waals surface area (Å²) in [5.41, 5.74) is 5.41. The Morgan fingerprint density at radius 2 is 2.08 bits per heavy atom. The van der Waals surface area contributed by atoms with Gasteiger partial charge < -0.3 is 15.2 Å². The Kier molecular flexibility index (Phi) is 5.59. The molecular weight excluding hydrogens is 448 g/mol. The zero-order valence-electron chi connectivity index (χ0n) is 22.6. The molecule has 5 fully saturated rings. The highest BCUT2D eigenvalue weighted by Gasteiger charge is 2.68. The predicted octanol–water partition coefficient (Wildman–Crippen LogP) is 4.60. The van der Waals surface area contributed by atoms with Crippen LogP contribution >= 0.6 is 0 Å². The molecule has 1 spiro atoms. The van der Waals surface area contributed by atoms with Crippen LogP contribution in [0.15, 0.2) is 22.8 Å². The van der Waals surface area contributed by atoms with E-state index in [1.807, 2.05) is 12.5 Å². The van der Waals surface area contributed by atoms with Gasteiger partial charge in [0, 0.05) is 38.0 Å². The largest absolute Gasteiger partial charge is 0.393 e. The van der Waals surface area contributed by atoms with Crippen LogP contribution in [0.1, 0.15) is 85.0 Å². The van der Waals surface area contributed by atoms with Gasteiger partial charge in [-0.1, -0.05) is 38.0 Å². The molecule has 0 aromatic carbocycles. The molecule has 7 rings (SSSR count). The van der Waals surface area contributed by atoms with Crippen molar-refractivity contribution in [3.05, 3.63) is 22.8 Å². The van der Waals surface area contributed by atoms with Crippen molar-refractivity contribution in [3.63, 3.8) is 0 Å². The lowest BCUT2D eigenvalue weighted by Gasteiger charge is -2.54. The third kappa shape index (κ3) is 3.27. The number of ether oxygens (including phenoxy) is 1. The normalized spacial score (nSPS) is 49.1. The Morgan fingerprint density at radius 1 is 1.22 bits per heavy atom. The van der Waals surface area contributed by atoms with E-state index in [9.17, 15) is 9.90 Å². The first-order valence-electron chi connectivity index (χ1n) is 15.1. The van der Waals surface area contributed by atoms with Crippen molar-refractivity contribution in [2.45, 2.75) is 109 Å². The highest BCUT2D eigenvalue weighted by atomic mass is 16.5. The number of nitrogens with zero attached hydrogens (tertiary/aromatic N) is 1. The SMILES string of the molecule is CCC(=O)NCCN1CC(C)CC2OC34CCC5C(=C3C[C@@H]4C21)CC1C5CC=C2CC(O)CCC21C. The zero-order chi connectivity index (χ0) is 24.8. The van der Waals surface area contributed by atoms with Gasteiger partial charge in [-0.25, -0.2) is 0 Å². The molecule has 5 aliphatic carbocycles. The van der Waals surface area contributed by atoms with E-state index in [1.54, 1.807) is 11.1 Å². The summed E-state index contributed by atoms with van der Waals surface area (Å²) in [6.07, 6.45) is 13.8. The molecule has 0 aromatic heterocycles. The molecule has 2 heterocycles. The summed E-state index contributed by atoms with van der Waals surface area (Å²) in [5.74, 6) is 3.77. The molecule has 198 valence electrons. The second kappa shape index (κ2) is 8.41. The van der Waals surface area contributed by atoms with Gasteiger partial charge in [-0.3, -0.25) is 9.69 Å². The average Bonchev–Trinajstić information content (AvgIpc) is 3.31. The fourth-order valence-electron chi connectivity index (χ4n) is 10.4. The van der Waals surface area contributed by atoms with Crippen LogP contribution in [0, 0.1) is 35.0 Å². The van der Waals surface area contributed by atoms with Crippen molar-refractivity contribution < 1.29 is 14.6 Å². The third-order valence-corrected chi connectivity index (χ3v) is 12.1. The number of hydrogen-bond donors (Lipinski definition) is 2. The maximum absolute atomic E-state index is 11.8. The number of carbonyl (C=O) groups excluding carboxylic acids is 1. The molecule has 5 heteroatoms. The van der Waals surface area contributed by atoms with Crippen molar-refractivity contribution >= 4 is 5.91 Å². The highest BCUT2D eigenvalue weighted by molar-refractivity contribution is 5.75. The summed E-state index contributed by atoms with van der Waals surface area (Å²) in [6, 6.07) is 0.523. The Morgan fingerprint density at radius 3 is 2.92 bits per heavy atom. The summed E-state index contributed by atoms with van der Waals surface area (Å²) < 4.78 is 7.18. The minimum Gasteiger partial charge on any atom is -0.393 e. The highest BCUT2D eigenvalue weighted by Crippen LogP contribution is 2.69. The van der Waals surface area contributed by atoms with Gasteiger partial charge in [0.1, 0.15) is 0 Å². The number of fused-ring (bicyclic) bond motifs is 7. The smallest absolute Gasteiger partial charge is 0.219 e. The summed E-state index contributed by atoms with van der Waals surface area (Å²) in [6.45, 7) is 9.67. The van der Waals surface area contributed by atoms with Gasteiger partial charge >= 0.3 is 0 Å². The van der Waals surface area contributed by atoms with Gasteiger partial charge in [-0.2, -0.15) is 0 Å². The van der Waals surface area contributed by atoms with Gasteiger partial charge in [-0.15, -0.1) is 0 Å². The first-order valence-corrected chi connectivity index (χ1v) is 15.1. The molecule has 2 N–H and O–H groups in total. The predicted molar refractivity (Wildman–Crippen MR) is 140 cm³/mol. The lowest BCUT2D eigenvalue weighted by Crippen LogP contribution is -2.58. The molecule has 2 aliphatic heterocycles. The van der Waals surface area contributed by atoms with Crippen LogP contribution in [0.3, 0.4) is 0 Å². The number of amides is 1. The van der Waals surface area contributed by atoms with Gasteiger partial charge in [-0.05, 0) is 92.4 Å². The number of aliphatic hydroxyl groups is 1. The second-order valence-electron chi connectivity index (χ2n) is 13.8. The minimum absolute atomic E-state index is 0.0174.